The van der Waals surface area contributed by atoms with Gasteiger partial charge >= 0.3 is 0 Å². The highest BCUT2D eigenvalue weighted by atomic mass is 32.1. The van der Waals surface area contributed by atoms with Crippen LogP contribution >= 0.6 is 23.6 Å². The highest BCUT2D eigenvalue weighted by Crippen LogP contribution is 2.23. The third kappa shape index (κ3) is 3.81. The lowest BCUT2D eigenvalue weighted by Crippen LogP contribution is -2.27. The Morgan fingerprint density at radius 3 is 2.66 bits per heavy atom. The molecule has 4 aromatic rings. The predicted molar refractivity (Wildman–Crippen MR) is 121 cm³/mol. The van der Waals surface area contributed by atoms with Crippen molar-refractivity contribution in [3.05, 3.63) is 97.8 Å². The van der Waals surface area contributed by atoms with Crippen LogP contribution in [0.4, 0.5) is 4.39 Å². The van der Waals surface area contributed by atoms with Gasteiger partial charge in [-0.25, -0.2) is 4.39 Å². The van der Waals surface area contributed by atoms with Crippen LogP contribution in [0.2, 0.25) is 0 Å². The van der Waals surface area contributed by atoms with Gasteiger partial charge in [0, 0.05) is 28.2 Å². The molecule has 0 radical (unpaired) electrons. The summed E-state index contributed by atoms with van der Waals surface area (Å²) < 4.78 is 19.5. The van der Waals surface area contributed by atoms with Gasteiger partial charge in [0.1, 0.15) is 11.6 Å². The van der Waals surface area contributed by atoms with Crippen LogP contribution in [0.3, 0.4) is 0 Å². The first-order chi connectivity index (χ1) is 13.9. The first kappa shape index (κ1) is 19.4. The molecule has 6 heteroatoms. The average Bonchev–Trinajstić information content (AvgIpc) is 3.16. The molecule has 29 heavy (non-hydrogen) atoms. The number of nitrogens with zero attached hydrogens (tertiary/aromatic N) is 2. The molecule has 0 saturated carbocycles. The lowest BCUT2D eigenvalue weighted by Gasteiger charge is -2.06. The standard InChI is InChI=1S/C23H19FN2OS2/c1-15(27)12-26-16(2)22(29-23(26)28)11-18-14-25(21-10-6-4-8-19(18)21)13-17-7-3-5-9-20(17)24/h3-11,14,27H,1-2,12-13H2/b22-11+. The summed E-state index contributed by atoms with van der Waals surface area (Å²) >= 11 is 6.86. The number of rotatable bonds is 5. The van der Waals surface area contributed by atoms with E-state index in [0.29, 0.717) is 16.1 Å². The van der Waals surface area contributed by atoms with Crippen molar-refractivity contribution in [3.63, 3.8) is 0 Å². The molecule has 0 unspecified atom stereocenters. The molecule has 0 spiro atoms. The number of thiazole rings is 1. The summed E-state index contributed by atoms with van der Waals surface area (Å²) in [5, 5.41) is 11.3. The monoisotopic (exact) mass is 422 g/mol. The number of hydrogen-bond acceptors (Lipinski definition) is 3. The van der Waals surface area contributed by atoms with Gasteiger partial charge in [0.2, 0.25) is 0 Å². The van der Waals surface area contributed by atoms with Crippen molar-refractivity contribution in [2.45, 2.75) is 13.1 Å². The minimum atomic E-state index is -0.213. The molecular formula is C23H19FN2OS2. The Kier molecular flexibility index (Phi) is 5.22. The Morgan fingerprint density at radius 1 is 1.17 bits per heavy atom. The molecule has 3 nitrogen and oxygen atoms in total. The molecule has 2 heterocycles. The fraction of sp³-hybridized carbons (Fsp3) is 0.0870. The highest BCUT2D eigenvalue weighted by molar-refractivity contribution is 7.73. The second-order valence-corrected chi connectivity index (χ2v) is 8.47. The van der Waals surface area contributed by atoms with Crippen LogP contribution in [-0.4, -0.2) is 14.2 Å². The van der Waals surface area contributed by atoms with Crippen molar-refractivity contribution in [2.75, 3.05) is 0 Å². The normalized spacial score (nSPS) is 12.0. The zero-order valence-electron chi connectivity index (χ0n) is 15.6. The lowest BCUT2D eigenvalue weighted by atomic mass is 10.1. The number of fused-ring (bicyclic) bond motifs is 1. The number of benzene rings is 2. The van der Waals surface area contributed by atoms with Gasteiger partial charge in [-0.15, -0.1) is 11.3 Å². The van der Waals surface area contributed by atoms with E-state index in [1.165, 1.54) is 17.4 Å². The van der Waals surface area contributed by atoms with Crippen molar-refractivity contribution >= 4 is 47.1 Å². The number of aliphatic hydroxyl groups is 1. The van der Waals surface area contributed by atoms with Crippen LogP contribution in [0, 0.1) is 9.77 Å². The molecule has 0 atom stereocenters. The summed E-state index contributed by atoms with van der Waals surface area (Å²) in [7, 11) is 0. The van der Waals surface area contributed by atoms with E-state index in [1.54, 1.807) is 16.7 Å². The van der Waals surface area contributed by atoms with Gasteiger partial charge in [-0.2, -0.15) is 0 Å². The summed E-state index contributed by atoms with van der Waals surface area (Å²) in [6.45, 7) is 8.34. The first-order valence-electron chi connectivity index (χ1n) is 9.02. The first-order valence-corrected chi connectivity index (χ1v) is 10.2. The number of aliphatic hydroxyl groups excluding tert-OH is 1. The molecule has 4 rings (SSSR count). The maximum absolute atomic E-state index is 14.2. The summed E-state index contributed by atoms with van der Waals surface area (Å²) in [5.41, 5.74) is 2.67. The molecule has 0 fully saturated rings. The van der Waals surface area contributed by atoms with Gasteiger partial charge < -0.3 is 14.2 Å². The molecule has 0 saturated heterocycles. The molecule has 0 aliphatic heterocycles. The van der Waals surface area contributed by atoms with Crippen molar-refractivity contribution < 1.29 is 9.50 Å². The predicted octanol–water partition coefficient (Wildman–Crippen LogP) is 4.73. The topological polar surface area (TPSA) is 30.1 Å². The van der Waals surface area contributed by atoms with Gasteiger partial charge in [-0.05, 0) is 30.4 Å². The van der Waals surface area contributed by atoms with Crippen LogP contribution < -0.4 is 9.88 Å². The van der Waals surface area contributed by atoms with E-state index in [0.717, 1.165) is 26.3 Å². The zero-order valence-corrected chi connectivity index (χ0v) is 17.3. The Morgan fingerprint density at radius 2 is 1.90 bits per heavy atom. The summed E-state index contributed by atoms with van der Waals surface area (Å²) in [6, 6.07) is 14.9. The summed E-state index contributed by atoms with van der Waals surface area (Å²) in [5.74, 6) is -0.174. The van der Waals surface area contributed by atoms with Crippen molar-refractivity contribution in [1.82, 2.24) is 9.13 Å². The van der Waals surface area contributed by atoms with E-state index in [9.17, 15) is 9.50 Å². The fourth-order valence-corrected chi connectivity index (χ4v) is 4.71. The lowest BCUT2D eigenvalue weighted by molar-refractivity contribution is 0.377. The molecule has 0 amide bonds. The summed E-state index contributed by atoms with van der Waals surface area (Å²) in [4.78, 5) is 0. The van der Waals surface area contributed by atoms with Crippen molar-refractivity contribution in [2.24, 2.45) is 0 Å². The minimum Gasteiger partial charge on any atom is -0.511 e. The van der Waals surface area contributed by atoms with Gasteiger partial charge in [0.15, 0.2) is 3.95 Å². The Balaban J connectivity index is 1.85. The largest absolute Gasteiger partial charge is 0.511 e. The van der Waals surface area contributed by atoms with Gasteiger partial charge in [0.25, 0.3) is 0 Å². The second kappa shape index (κ2) is 7.81. The van der Waals surface area contributed by atoms with E-state index >= 15 is 0 Å². The van der Waals surface area contributed by atoms with Gasteiger partial charge in [-0.1, -0.05) is 49.6 Å². The maximum atomic E-state index is 14.2. The maximum Gasteiger partial charge on any atom is 0.162 e. The average molecular weight is 423 g/mol. The number of allylic oxidation sites excluding steroid dienone is 1. The molecule has 0 aliphatic rings. The second-order valence-electron chi connectivity index (χ2n) is 6.80. The van der Waals surface area contributed by atoms with E-state index in [1.807, 2.05) is 47.2 Å². The third-order valence-electron chi connectivity index (χ3n) is 4.77. The number of hydrogen-bond donors (Lipinski definition) is 1. The Hall–Kier alpha value is -2.96. The van der Waals surface area contributed by atoms with Gasteiger partial charge in [0.05, 0.1) is 23.0 Å². The molecule has 1 N–H and O–H groups in total. The molecule has 146 valence electrons. The number of para-hydroxylation sites is 1. The molecule has 2 aromatic heterocycles. The van der Waals surface area contributed by atoms with Gasteiger partial charge in [-0.3, -0.25) is 0 Å². The highest BCUT2D eigenvalue weighted by Gasteiger charge is 2.10. The van der Waals surface area contributed by atoms with E-state index in [4.69, 9.17) is 12.2 Å². The van der Waals surface area contributed by atoms with Crippen LogP contribution in [-0.2, 0) is 13.1 Å². The van der Waals surface area contributed by atoms with E-state index in [2.05, 4.69) is 13.2 Å². The quantitative estimate of drug-likeness (QED) is 0.372. The van der Waals surface area contributed by atoms with E-state index in [-0.39, 0.29) is 18.1 Å². The van der Waals surface area contributed by atoms with Crippen LogP contribution in [0.5, 0.6) is 0 Å². The molecule has 0 bridgehead atoms. The SMILES string of the molecule is C=C(O)Cn1c(=S)s/c(=C/c2cn(Cc3ccccc3F)c3ccccc23)c1=C. The smallest absolute Gasteiger partial charge is 0.162 e. The Bertz CT molecular complexity index is 1390. The van der Waals surface area contributed by atoms with Crippen molar-refractivity contribution in [3.8, 4) is 0 Å². The molecule has 0 aliphatic carbocycles. The van der Waals surface area contributed by atoms with Crippen LogP contribution in [0.25, 0.3) is 23.6 Å². The molecule has 2 aromatic carbocycles. The fourth-order valence-electron chi connectivity index (χ4n) is 3.38. The number of halogens is 1. The molecular weight excluding hydrogens is 403 g/mol. The van der Waals surface area contributed by atoms with Crippen LogP contribution in [0.15, 0.2) is 67.1 Å². The van der Waals surface area contributed by atoms with E-state index < -0.39 is 0 Å². The zero-order chi connectivity index (χ0) is 20.5. The van der Waals surface area contributed by atoms with Crippen molar-refractivity contribution in [1.29, 1.82) is 0 Å². The Labute approximate surface area is 176 Å². The summed E-state index contributed by atoms with van der Waals surface area (Å²) in [6.07, 6.45) is 4.06. The van der Waals surface area contributed by atoms with Crippen LogP contribution in [0.1, 0.15) is 11.1 Å². The third-order valence-corrected chi connectivity index (χ3v) is 6.21. The number of aromatic nitrogens is 2. The minimum absolute atomic E-state index is 0.0387.